The number of rotatable bonds is 3. The summed E-state index contributed by atoms with van der Waals surface area (Å²) in [6, 6.07) is 6.53. The molecule has 0 amide bonds. The Balaban J connectivity index is 1.67. The number of piperazine rings is 1. The van der Waals surface area contributed by atoms with Gasteiger partial charge in [-0.05, 0) is 59.3 Å². The van der Waals surface area contributed by atoms with Crippen LogP contribution in [-0.4, -0.2) is 30.1 Å². The van der Waals surface area contributed by atoms with Crippen LogP contribution in [0.15, 0.2) is 22.7 Å². The molecule has 0 radical (unpaired) electrons. The fourth-order valence-electron chi connectivity index (χ4n) is 2.86. The van der Waals surface area contributed by atoms with Gasteiger partial charge in [-0.3, -0.25) is 4.90 Å². The Labute approximate surface area is 122 Å². The summed E-state index contributed by atoms with van der Waals surface area (Å²) in [7, 11) is 0. The van der Waals surface area contributed by atoms with E-state index in [1.165, 1.54) is 18.4 Å². The Bertz CT molecular complexity index is 461. The molecule has 2 fully saturated rings. The number of benzene rings is 1. The van der Waals surface area contributed by atoms with Crippen molar-refractivity contribution in [2.24, 2.45) is 5.92 Å². The molecular weight excluding hydrogens is 307 g/mol. The molecule has 19 heavy (non-hydrogen) atoms. The maximum Gasteiger partial charge on any atom is 0.137 e. The lowest BCUT2D eigenvalue weighted by Gasteiger charge is -2.39. The first-order valence-corrected chi connectivity index (χ1v) is 7.84. The van der Waals surface area contributed by atoms with Crippen molar-refractivity contribution in [3.8, 4) is 0 Å². The van der Waals surface area contributed by atoms with E-state index in [4.69, 9.17) is 0 Å². The normalized spacial score (nSPS) is 28.6. The topological polar surface area (TPSA) is 15.3 Å². The SMILES string of the molecule is CC1CNC(C2CC2)CN1Cc1ccc(F)c(Br)c1. The Morgan fingerprint density at radius 3 is 2.89 bits per heavy atom. The van der Waals surface area contributed by atoms with E-state index in [0.29, 0.717) is 16.6 Å². The molecule has 1 aromatic rings. The van der Waals surface area contributed by atoms with Crippen molar-refractivity contribution >= 4 is 15.9 Å². The molecule has 0 aromatic heterocycles. The summed E-state index contributed by atoms with van der Waals surface area (Å²) in [5.41, 5.74) is 1.18. The molecule has 1 aromatic carbocycles. The van der Waals surface area contributed by atoms with Crippen LogP contribution in [0.25, 0.3) is 0 Å². The van der Waals surface area contributed by atoms with Gasteiger partial charge in [0.15, 0.2) is 0 Å². The standard InChI is InChI=1S/C15H20BrFN2/c1-10-7-18-15(12-3-4-12)9-19(10)8-11-2-5-14(17)13(16)6-11/h2,5-6,10,12,15,18H,3-4,7-9H2,1H3. The Hall–Kier alpha value is -0.450. The number of nitrogens with zero attached hydrogens (tertiary/aromatic N) is 1. The minimum Gasteiger partial charge on any atom is -0.311 e. The number of hydrogen-bond donors (Lipinski definition) is 1. The smallest absolute Gasteiger partial charge is 0.137 e. The van der Waals surface area contributed by atoms with Gasteiger partial charge < -0.3 is 5.32 Å². The highest BCUT2D eigenvalue weighted by molar-refractivity contribution is 9.10. The lowest BCUT2D eigenvalue weighted by molar-refractivity contribution is 0.125. The molecular formula is C15H20BrFN2. The number of halogens is 2. The molecule has 1 N–H and O–H groups in total. The van der Waals surface area contributed by atoms with Crippen LogP contribution in [0.5, 0.6) is 0 Å². The van der Waals surface area contributed by atoms with Crippen molar-refractivity contribution in [1.29, 1.82) is 0 Å². The van der Waals surface area contributed by atoms with E-state index in [2.05, 4.69) is 33.1 Å². The summed E-state index contributed by atoms with van der Waals surface area (Å²) in [6.07, 6.45) is 2.75. The van der Waals surface area contributed by atoms with Crippen LogP contribution >= 0.6 is 15.9 Å². The van der Waals surface area contributed by atoms with Gasteiger partial charge in [-0.2, -0.15) is 0 Å². The summed E-state index contributed by atoms with van der Waals surface area (Å²) >= 11 is 3.27. The molecule has 2 atom stereocenters. The molecule has 4 heteroatoms. The molecule has 104 valence electrons. The lowest BCUT2D eigenvalue weighted by atomic mass is 10.0. The van der Waals surface area contributed by atoms with Crippen LogP contribution < -0.4 is 5.32 Å². The van der Waals surface area contributed by atoms with Gasteiger partial charge >= 0.3 is 0 Å². The highest BCUT2D eigenvalue weighted by Crippen LogP contribution is 2.34. The summed E-state index contributed by atoms with van der Waals surface area (Å²) in [4.78, 5) is 2.51. The fraction of sp³-hybridized carbons (Fsp3) is 0.600. The first-order valence-electron chi connectivity index (χ1n) is 7.05. The van der Waals surface area contributed by atoms with Gasteiger partial charge in [-0.1, -0.05) is 6.07 Å². The lowest BCUT2D eigenvalue weighted by Crippen LogP contribution is -2.55. The van der Waals surface area contributed by atoms with Crippen LogP contribution in [-0.2, 0) is 6.54 Å². The summed E-state index contributed by atoms with van der Waals surface area (Å²) < 4.78 is 13.8. The molecule has 2 aliphatic rings. The minimum absolute atomic E-state index is 0.187. The van der Waals surface area contributed by atoms with E-state index >= 15 is 0 Å². The zero-order valence-corrected chi connectivity index (χ0v) is 12.8. The van der Waals surface area contributed by atoms with Crippen LogP contribution in [0.1, 0.15) is 25.3 Å². The van der Waals surface area contributed by atoms with E-state index in [1.807, 2.05) is 12.1 Å². The first-order chi connectivity index (χ1) is 9.13. The van der Waals surface area contributed by atoms with Crippen molar-refractivity contribution in [2.75, 3.05) is 13.1 Å². The van der Waals surface area contributed by atoms with E-state index in [-0.39, 0.29) is 5.82 Å². The molecule has 3 rings (SSSR count). The highest BCUT2D eigenvalue weighted by Gasteiger charge is 2.35. The van der Waals surface area contributed by atoms with E-state index in [0.717, 1.165) is 25.6 Å². The number of nitrogens with one attached hydrogen (secondary N) is 1. The van der Waals surface area contributed by atoms with Crippen LogP contribution in [0.2, 0.25) is 0 Å². The second-order valence-corrected chi connectivity index (χ2v) is 6.73. The predicted molar refractivity (Wildman–Crippen MR) is 78.5 cm³/mol. The van der Waals surface area contributed by atoms with Gasteiger partial charge in [0.05, 0.1) is 4.47 Å². The number of hydrogen-bond acceptors (Lipinski definition) is 2. The summed E-state index contributed by atoms with van der Waals surface area (Å²) in [5.74, 6) is 0.697. The molecule has 0 bridgehead atoms. The van der Waals surface area contributed by atoms with Gasteiger partial charge in [0.2, 0.25) is 0 Å². The third-order valence-corrected chi connectivity index (χ3v) is 4.90. The largest absolute Gasteiger partial charge is 0.311 e. The van der Waals surface area contributed by atoms with E-state index in [9.17, 15) is 4.39 Å². The van der Waals surface area contributed by atoms with Gasteiger partial charge in [0.25, 0.3) is 0 Å². The second-order valence-electron chi connectivity index (χ2n) is 5.88. The van der Waals surface area contributed by atoms with Gasteiger partial charge in [0, 0.05) is 31.7 Å². The Kier molecular flexibility index (Phi) is 3.92. The molecule has 1 aliphatic heterocycles. The van der Waals surface area contributed by atoms with Crippen LogP contribution in [0.3, 0.4) is 0 Å². The first kappa shape index (κ1) is 13.5. The Morgan fingerprint density at radius 1 is 1.42 bits per heavy atom. The van der Waals surface area contributed by atoms with Gasteiger partial charge in [-0.25, -0.2) is 4.39 Å². The highest BCUT2D eigenvalue weighted by atomic mass is 79.9. The monoisotopic (exact) mass is 326 g/mol. The van der Waals surface area contributed by atoms with Crippen molar-refractivity contribution in [3.05, 3.63) is 34.1 Å². The fourth-order valence-corrected chi connectivity index (χ4v) is 3.28. The third-order valence-electron chi connectivity index (χ3n) is 4.29. The average Bonchev–Trinajstić information content (AvgIpc) is 3.21. The average molecular weight is 327 g/mol. The van der Waals surface area contributed by atoms with Crippen molar-refractivity contribution in [1.82, 2.24) is 10.2 Å². The molecule has 1 saturated heterocycles. The second kappa shape index (κ2) is 5.51. The van der Waals surface area contributed by atoms with Crippen molar-refractivity contribution in [3.63, 3.8) is 0 Å². The van der Waals surface area contributed by atoms with Gasteiger partial charge in [0.1, 0.15) is 5.82 Å². The molecule has 1 aliphatic carbocycles. The quantitative estimate of drug-likeness (QED) is 0.917. The maximum absolute atomic E-state index is 13.3. The third kappa shape index (κ3) is 3.18. The minimum atomic E-state index is -0.187. The molecule has 0 spiro atoms. The van der Waals surface area contributed by atoms with E-state index < -0.39 is 0 Å². The maximum atomic E-state index is 13.3. The van der Waals surface area contributed by atoms with Gasteiger partial charge in [-0.15, -0.1) is 0 Å². The van der Waals surface area contributed by atoms with E-state index in [1.54, 1.807) is 6.07 Å². The predicted octanol–water partition coefficient (Wildman–Crippen LogP) is 3.16. The zero-order valence-electron chi connectivity index (χ0n) is 11.2. The molecule has 2 unspecified atom stereocenters. The molecule has 2 nitrogen and oxygen atoms in total. The zero-order chi connectivity index (χ0) is 13.4. The molecule has 1 saturated carbocycles. The van der Waals surface area contributed by atoms with Crippen LogP contribution in [0, 0.1) is 11.7 Å². The summed E-state index contributed by atoms with van der Waals surface area (Å²) in [5, 5.41) is 3.66. The van der Waals surface area contributed by atoms with Crippen LogP contribution in [0.4, 0.5) is 4.39 Å². The Morgan fingerprint density at radius 2 is 2.21 bits per heavy atom. The van der Waals surface area contributed by atoms with Crippen molar-refractivity contribution in [2.45, 2.75) is 38.4 Å². The van der Waals surface area contributed by atoms with Crippen molar-refractivity contribution < 1.29 is 4.39 Å². The summed E-state index contributed by atoms with van der Waals surface area (Å²) in [6.45, 7) is 5.34. The molecule has 1 heterocycles.